The summed E-state index contributed by atoms with van der Waals surface area (Å²) < 4.78 is 30.5. The van der Waals surface area contributed by atoms with Crippen LogP contribution in [0.2, 0.25) is 0 Å². The smallest absolute Gasteiger partial charge is 0.266 e. The molecule has 0 radical (unpaired) electrons. The van der Waals surface area contributed by atoms with E-state index < -0.39 is 27.6 Å². The van der Waals surface area contributed by atoms with Crippen LogP contribution in [0, 0.1) is 40.4 Å². The molecule has 4 aliphatic carbocycles. The normalized spacial score (nSPS) is 46.3. The molecule has 202 valence electrons. The minimum absolute atomic E-state index is 0.00386. The Morgan fingerprint density at radius 2 is 1.80 bits per heavy atom. The molecule has 10 atom stereocenters. The van der Waals surface area contributed by atoms with E-state index in [9.17, 15) is 28.5 Å². The molecule has 0 aliphatic heterocycles. The van der Waals surface area contributed by atoms with Crippen LogP contribution in [0.3, 0.4) is 0 Å². The first-order valence-electron chi connectivity index (χ1n) is 13.5. The molecule has 4 rings (SSSR count). The summed E-state index contributed by atoms with van der Waals surface area (Å²) in [5, 5.41) is 36.4. The van der Waals surface area contributed by atoms with Gasteiger partial charge in [-0.2, -0.15) is 8.42 Å². The number of fused-ring (bicyclic) bond motifs is 5. The lowest BCUT2D eigenvalue weighted by atomic mass is 9.41. The summed E-state index contributed by atoms with van der Waals surface area (Å²) >= 11 is 0. The van der Waals surface area contributed by atoms with E-state index >= 15 is 0 Å². The Morgan fingerprint density at radius 1 is 1.09 bits per heavy atom. The number of hydrogen-bond acceptors (Lipinski definition) is 6. The zero-order chi connectivity index (χ0) is 25.8. The van der Waals surface area contributed by atoms with Gasteiger partial charge in [-0.05, 0) is 92.3 Å². The molecule has 0 aromatic rings. The molecule has 4 saturated carbocycles. The number of hydrogen-bond donors (Lipinski definition) is 5. The molecule has 5 N–H and O–H groups in total. The van der Waals surface area contributed by atoms with Crippen LogP contribution in [0.15, 0.2) is 0 Å². The first-order chi connectivity index (χ1) is 16.2. The van der Waals surface area contributed by atoms with Crippen molar-refractivity contribution in [3.05, 3.63) is 0 Å². The van der Waals surface area contributed by atoms with Gasteiger partial charge in [0.25, 0.3) is 10.1 Å². The molecule has 8 nitrogen and oxygen atoms in total. The highest BCUT2D eigenvalue weighted by Crippen LogP contribution is 2.69. The average Bonchev–Trinajstić information content (AvgIpc) is 3.10. The first-order valence-corrected chi connectivity index (χ1v) is 15.1. The molecule has 0 aromatic carbocycles. The molecule has 9 heteroatoms. The maximum atomic E-state index is 12.2. The molecular weight excluding hydrogens is 470 g/mol. The van der Waals surface area contributed by atoms with Crippen LogP contribution in [-0.4, -0.2) is 64.3 Å². The van der Waals surface area contributed by atoms with E-state index in [1.807, 2.05) is 0 Å². The number of amides is 1. The van der Waals surface area contributed by atoms with Gasteiger partial charge in [0.15, 0.2) is 0 Å². The van der Waals surface area contributed by atoms with E-state index in [4.69, 9.17) is 4.55 Å². The molecule has 4 fully saturated rings. The maximum absolute atomic E-state index is 12.2. The Kier molecular flexibility index (Phi) is 7.43. The van der Waals surface area contributed by atoms with Crippen LogP contribution in [0.5, 0.6) is 0 Å². The lowest BCUT2D eigenvalue weighted by molar-refractivity contribution is -0.269. The summed E-state index contributed by atoms with van der Waals surface area (Å²) in [6.07, 6.45) is 6.49. The SMILES string of the molecule is C[C@H](CCC(=O)NCCS(=O)(=O)O)[C@H]1CC[C@H]2[C@@H]3[C@H](O)C[C@@H]4C[C@H](O)CC[C@]4(C)[C@@]3(O)CC[C@]12C. The fourth-order valence-electron chi connectivity index (χ4n) is 9.11. The van der Waals surface area contributed by atoms with E-state index in [-0.39, 0.29) is 53.1 Å². The topological polar surface area (TPSA) is 144 Å². The highest BCUT2D eigenvalue weighted by Gasteiger charge is 2.69. The molecule has 35 heavy (non-hydrogen) atoms. The highest BCUT2D eigenvalue weighted by molar-refractivity contribution is 7.85. The molecule has 4 aliphatic rings. The van der Waals surface area contributed by atoms with Crippen LogP contribution >= 0.6 is 0 Å². The number of carbonyl (C=O) groups is 1. The summed E-state index contributed by atoms with van der Waals surface area (Å²) in [7, 11) is -4.09. The van der Waals surface area contributed by atoms with Gasteiger partial charge in [-0.25, -0.2) is 0 Å². The minimum Gasteiger partial charge on any atom is -0.393 e. The van der Waals surface area contributed by atoms with E-state index in [2.05, 4.69) is 26.1 Å². The average molecular weight is 516 g/mol. The standard InChI is InChI=1S/C26H45NO7S/c1-16(4-7-22(30)27-12-13-35(32,33)34)19-5-6-20-23-21(29)15-17-14-18(28)8-9-25(17,3)26(23,31)11-10-24(19,20)2/h16-21,23,28-29,31H,4-15H2,1-3H3,(H,27,30)(H,32,33,34)/t16-,17+,18-,19-,20+,21-,23-,24-,25+,26-/m1/s1. The van der Waals surface area contributed by atoms with Crippen molar-refractivity contribution in [2.24, 2.45) is 40.4 Å². The van der Waals surface area contributed by atoms with Crippen molar-refractivity contribution in [3.8, 4) is 0 Å². The van der Waals surface area contributed by atoms with Gasteiger partial charge < -0.3 is 20.6 Å². The van der Waals surface area contributed by atoms with Gasteiger partial charge in [-0.1, -0.05) is 20.8 Å². The minimum atomic E-state index is -4.09. The molecule has 0 heterocycles. The van der Waals surface area contributed by atoms with Gasteiger partial charge in [0.2, 0.25) is 5.91 Å². The van der Waals surface area contributed by atoms with Gasteiger partial charge in [0.1, 0.15) is 0 Å². The van der Waals surface area contributed by atoms with Crippen LogP contribution in [0.1, 0.15) is 85.0 Å². The second-order valence-corrected chi connectivity index (χ2v) is 14.3. The van der Waals surface area contributed by atoms with Crippen molar-refractivity contribution in [1.82, 2.24) is 5.32 Å². The van der Waals surface area contributed by atoms with Gasteiger partial charge in [0, 0.05) is 18.9 Å². The van der Waals surface area contributed by atoms with E-state index in [0.29, 0.717) is 44.4 Å². The van der Waals surface area contributed by atoms with Crippen LogP contribution in [0.4, 0.5) is 0 Å². The van der Waals surface area contributed by atoms with Gasteiger partial charge in [0.05, 0.1) is 23.6 Å². The Morgan fingerprint density at radius 3 is 2.49 bits per heavy atom. The number of carbonyl (C=O) groups excluding carboxylic acids is 1. The zero-order valence-corrected chi connectivity index (χ0v) is 22.3. The van der Waals surface area contributed by atoms with Crippen molar-refractivity contribution in [2.45, 2.75) is 103 Å². The fraction of sp³-hybridized carbons (Fsp3) is 0.962. The Hall–Kier alpha value is -0.740. The second-order valence-electron chi connectivity index (χ2n) is 12.7. The van der Waals surface area contributed by atoms with Gasteiger partial charge in [-0.15, -0.1) is 0 Å². The van der Waals surface area contributed by atoms with Crippen molar-refractivity contribution in [2.75, 3.05) is 12.3 Å². The fourth-order valence-corrected chi connectivity index (χ4v) is 9.47. The highest BCUT2D eigenvalue weighted by atomic mass is 32.2. The molecule has 0 saturated heterocycles. The predicted molar refractivity (Wildman–Crippen MR) is 132 cm³/mol. The predicted octanol–water partition coefficient (Wildman–Crippen LogP) is 2.51. The second kappa shape index (κ2) is 9.53. The number of rotatable bonds is 7. The Labute approximate surface area is 210 Å². The summed E-state index contributed by atoms with van der Waals surface area (Å²) in [6, 6.07) is 0. The van der Waals surface area contributed by atoms with E-state index in [0.717, 1.165) is 25.7 Å². The van der Waals surface area contributed by atoms with Crippen LogP contribution < -0.4 is 5.32 Å². The third-order valence-corrected chi connectivity index (χ3v) is 11.8. The zero-order valence-electron chi connectivity index (χ0n) is 21.4. The van der Waals surface area contributed by atoms with Crippen LogP contribution in [-0.2, 0) is 14.9 Å². The molecule has 0 bridgehead atoms. The summed E-state index contributed by atoms with van der Waals surface area (Å²) in [6.45, 7) is 6.61. The molecular formula is C26H45NO7S. The van der Waals surface area contributed by atoms with E-state index in [1.54, 1.807) is 0 Å². The first kappa shape index (κ1) is 27.3. The number of nitrogens with one attached hydrogen (secondary N) is 1. The van der Waals surface area contributed by atoms with Crippen molar-refractivity contribution < 1.29 is 33.1 Å². The number of aliphatic hydroxyl groups is 3. The summed E-state index contributed by atoms with van der Waals surface area (Å²) in [5.74, 6) is 0.213. The van der Waals surface area contributed by atoms with E-state index in [1.165, 1.54) is 0 Å². The molecule has 0 spiro atoms. The lowest BCUT2D eigenvalue weighted by Gasteiger charge is -2.66. The molecule has 0 unspecified atom stereocenters. The summed E-state index contributed by atoms with van der Waals surface area (Å²) in [4.78, 5) is 12.2. The Bertz CT molecular complexity index is 911. The largest absolute Gasteiger partial charge is 0.393 e. The maximum Gasteiger partial charge on any atom is 0.266 e. The van der Waals surface area contributed by atoms with Crippen molar-refractivity contribution in [1.29, 1.82) is 0 Å². The van der Waals surface area contributed by atoms with Crippen LogP contribution in [0.25, 0.3) is 0 Å². The molecule has 1 amide bonds. The molecule has 0 aromatic heterocycles. The van der Waals surface area contributed by atoms with Crippen molar-refractivity contribution in [3.63, 3.8) is 0 Å². The lowest BCUT2D eigenvalue weighted by Crippen LogP contribution is -2.69. The summed E-state index contributed by atoms with van der Waals surface area (Å²) in [5.41, 5.74) is -1.19. The Balaban J connectivity index is 1.43. The van der Waals surface area contributed by atoms with Crippen molar-refractivity contribution >= 4 is 16.0 Å². The monoisotopic (exact) mass is 515 g/mol. The third-order valence-electron chi connectivity index (χ3n) is 11.1. The van der Waals surface area contributed by atoms with Gasteiger partial charge in [-0.3, -0.25) is 9.35 Å². The van der Waals surface area contributed by atoms with Gasteiger partial charge >= 0.3 is 0 Å². The third kappa shape index (κ3) is 4.80. The number of aliphatic hydroxyl groups excluding tert-OH is 2. The quantitative estimate of drug-likeness (QED) is 0.328.